The molecule has 1 aliphatic rings. The number of carbonyl (C=O) groups is 1. The van der Waals surface area contributed by atoms with Crippen molar-refractivity contribution in [3.63, 3.8) is 0 Å². The molecule has 1 amide bonds. The molecule has 0 bridgehead atoms. The van der Waals surface area contributed by atoms with Gasteiger partial charge in [-0.15, -0.1) is 11.3 Å². The standard InChI is InChI=1S/C15H15ClN2O3S/c1-20-11-5-9(16)10(6-12(11)21-2)18-14(19)13-7-17-15(22-13)8-3-4-8/h5-8H,3-4H2,1-2H3,(H,18,19). The van der Waals surface area contributed by atoms with Gasteiger partial charge in [-0.05, 0) is 12.8 Å². The van der Waals surface area contributed by atoms with E-state index in [4.69, 9.17) is 21.1 Å². The first-order valence-corrected chi connectivity index (χ1v) is 8.00. The molecule has 1 aromatic heterocycles. The maximum Gasteiger partial charge on any atom is 0.267 e. The quantitative estimate of drug-likeness (QED) is 0.896. The molecular formula is C15H15ClN2O3S. The van der Waals surface area contributed by atoms with Gasteiger partial charge in [0.2, 0.25) is 0 Å². The second-order valence-electron chi connectivity index (χ2n) is 4.98. The molecule has 0 spiro atoms. The molecular weight excluding hydrogens is 324 g/mol. The van der Waals surface area contributed by atoms with Gasteiger partial charge in [0, 0.05) is 18.1 Å². The fourth-order valence-corrected chi connectivity index (χ4v) is 3.23. The van der Waals surface area contributed by atoms with Crippen LogP contribution < -0.4 is 14.8 Å². The van der Waals surface area contributed by atoms with E-state index in [1.165, 1.54) is 25.6 Å². The van der Waals surface area contributed by atoms with Crippen molar-refractivity contribution in [2.24, 2.45) is 0 Å². The largest absolute Gasteiger partial charge is 0.493 e. The number of rotatable bonds is 5. The van der Waals surface area contributed by atoms with E-state index in [0.29, 0.717) is 33.0 Å². The van der Waals surface area contributed by atoms with Gasteiger partial charge in [0.05, 0.1) is 36.1 Å². The smallest absolute Gasteiger partial charge is 0.267 e. The number of amides is 1. The monoisotopic (exact) mass is 338 g/mol. The van der Waals surface area contributed by atoms with Crippen LogP contribution in [0, 0.1) is 0 Å². The lowest BCUT2D eigenvalue weighted by molar-refractivity contribution is 0.103. The highest BCUT2D eigenvalue weighted by Crippen LogP contribution is 2.42. The van der Waals surface area contributed by atoms with Gasteiger partial charge in [-0.1, -0.05) is 11.6 Å². The SMILES string of the molecule is COc1cc(Cl)c(NC(=O)c2cnc(C3CC3)s2)cc1OC. The van der Waals surface area contributed by atoms with Gasteiger partial charge in [0.25, 0.3) is 5.91 Å². The Hall–Kier alpha value is -1.79. The minimum Gasteiger partial charge on any atom is -0.493 e. The number of methoxy groups -OCH3 is 2. The molecule has 0 saturated heterocycles. The van der Waals surface area contributed by atoms with Gasteiger partial charge in [0.15, 0.2) is 11.5 Å². The summed E-state index contributed by atoms with van der Waals surface area (Å²) in [6, 6.07) is 3.25. The van der Waals surface area contributed by atoms with Crippen molar-refractivity contribution in [3.8, 4) is 11.5 Å². The highest BCUT2D eigenvalue weighted by molar-refractivity contribution is 7.13. The Labute approximate surface area is 137 Å². The zero-order chi connectivity index (χ0) is 15.7. The van der Waals surface area contributed by atoms with Gasteiger partial charge in [0.1, 0.15) is 4.88 Å². The molecule has 1 saturated carbocycles. The first-order valence-electron chi connectivity index (χ1n) is 6.81. The number of thiazole rings is 1. The summed E-state index contributed by atoms with van der Waals surface area (Å²) >= 11 is 7.60. The van der Waals surface area contributed by atoms with Crippen molar-refractivity contribution >= 4 is 34.5 Å². The molecule has 116 valence electrons. The molecule has 0 radical (unpaired) electrons. The summed E-state index contributed by atoms with van der Waals surface area (Å²) in [5.74, 6) is 1.33. The Kier molecular flexibility index (Phi) is 4.22. The van der Waals surface area contributed by atoms with Crippen molar-refractivity contribution in [1.29, 1.82) is 0 Å². The number of benzene rings is 1. The number of nitrogens with zero attached hydrogens (tertiary/aromatic N) is 1. The summed E-state index contributed by atoms with van der Waals surface area (Å²) < 4.78 is 10.4. The minimum absolute atomic E-state index is 0.224. The van der Waals surface area contributed by atoms with Crippen molar-refractivity contribution in [3.05, 3.63) is 33.2 Å². The number of hydrogen-bond donors (Lipinski definition) is 1. The van der Waals surface area contributed by atoms with Crippen molar-refractivity contribution < 1.29 is 14.3 Å². The van der Waals surface area contributed by atoms with Crippen LogP contribution in [-0.4, -0.2) is 25.1 Å². The maximum absolute atomic E-state index is 12.3. The van der Waals surface area contributed by atoms with E-state index in [0.717, 1.165) is 17.8 Å². The van der Waals surface area contributed by atoms with Crippen LogP contribution in [-0.2, 0) is 0 Å². The van der Waals surface area contributed by atoms with Gasteiger partial charge in [-0.25, -0.2) is 4.98 Å². The van der Waals surface area contributed by atoms with Crippen LogP contribution in [0.3, 0.4) is 0 Å². The predicted octanol–water partition coefficient (Wildman–Crippen LogP) is 3.94. The van der Waals surface area contributed by atoms with E-state index in [9.17, 15) is 4.79 Å². The Morgan fingerprint density at radius 3 is 2.64 bits per heavy atom. The zero-order valence-corrected chi connectivity index (χ0v) is 13.8. The van der Waals surface area contributed by atoms with E-state index in [2.05, 4.69) is 10.3 Å². The number of nitrogens with one attached hydrogen (secondary N) is 1. The van der Waals surface area contributed by atoms with Gasteiger partial charge < -0.3 is 14.8 Å². The van der Waals surface area contributed by atoms with Crippen LogP contribution in [0.5, 0.6) is 11.5 Å². The molecule has 7 heteroatoms. The second-order valence-corrected chi connectivity index (χ2v) is 6.45. The highest BCUT2D eigenvalue weighted by Gasteiger charge is 2.27. The van der Waals surface area contributed by atoms with E-state index >= 15 is 0 Å². The number of carbonyl (C=O) groups excluding carboxylic acids is 1. The van der Waals surface area contributed by atoms with Crippen molar-refractivity contribution in [2.75, 3.05) is 19.5 Å². The average molecular weight is 339 g/mol. The number of hydrogen-bond acceptors (Lipinski definition) is 5. The number of aromatic nitrogens is 1. The van der Waals surface area contributed by atoms with Crippen LogP contribution in [0.2, 0.25) is 5.02 Å². The lowest BCUT2D eigenvalue weighted by Gasteiger charge is -2.12. The molecule has 0 unspecified atom stereocenters. The van der Waals surface area contributed by atoms with Crippen LogP contribution in [0.4, 0.5) is 5.69 Å². The molecule has 2 aromatic rings. The van der Waals surface area contributed by atoms with Crippen LogP contribution in [0.1, 0.15) is 33.4 Å². The third-order valence-corrected chi connectivity index (χ3v) is 4.87. The van der Waals surface area contributed by atoms with Crippen LogP contribution >= 0.6 is 22.9 Å². The first-order chi connectivity index (χ1) is 10.6. The molecule has 1 fully saturated rings. The second kappa shape index (κ2) is 6.14. The molecule has 22 heavy (non-hydrogen) atoms. The average Bonchev–Trinajstić information content (AvgIpc) is 3.25. The van der Waals surface area contributed by atoms with E-state index in [1.807, 2.05) is 0 Å². The molecule has 1 aromatic carbocycles. The highest BCUT2D eigenvalue weighted by atomic mass is 35.5. The minimum atomic E-state index is -0.224. The zero-order valence-electron chi connectivity index (χ0n) is 12.2. The topological polar surface area (TPSA) is 60.5 Å². The maximum atomic E-state index is 12.3. The van der Waals surface area contributed by atoms with Gasteiger partial charge in [-0.3, -0.25) is 4.79 Å². The van der Waals surface area contributed by atoms with Gasteiger partial charge in [-0.2, -0.15) is 0 Å². The summed E-state index contributed by atoms with van der Waals surface area (Å²) in [6.07, 6.45) is 3.94. The van der Waals surface area contributed by atoms with Crippen LogP contribution in [0.25, 0.3) is 0 Å². The Bertz CT molecular complexity index is 713. The summed E-state index contributed by atoms with van der Waals surface area (Å²) in [6.45, 7) is 0. The lowest BCUT2D eigenvalue weighted by Crippen LogP contribution is -2.10. The summed E-state index contributed by atoms with van der Waals surface area (Å²) in [5.41, 5.74) is 0.477. The summed E-state index contributed by atoms with van der Waals surface area (Å²) in [5, 5.41) is 4.21. The van der Waals surface area contributed by atoms with E-state index in [-0.39, 0.29) is 5.91 Å². The van der Waals surface area contributed by atoms with E-state index in [1.54, 1.807) is 18.3 Å². The first kappa shape index (κ1) is 15.1. The van der Waals surface area contributed by atoms with Gasteiger partial charge >= 0.3 is 0 Å². The van der Waals surface area contributed by atoms with E-state index < -0.39 is 0 Å². The molecule has 5 nitrogen and oxygen atoms in total. The number of halogens is 1. The Morgan fingerprint density at radius 1 is 1.32 bits per heavy atom. The van der Waals surface area contributed by atoms with Crippen LogP contribution in [0.15, 0.2) is 18.3 Å². The molecule has 3 rings (SSSR count). The fraction of sp³-hybridized carbons (Fsp3) is 0.333. The lowest BCUT2D eigenvalue weighted by atomic mass is 10.2. The number of anilines is 1. The molecule has 0 atom stereocenters. The summed E-state index contributed by atoms with van der Waals surface area (Å²) in [7, 11) is 3.06. The third-order valence-electron chi connectivity index (χ3n) is 3.40. The molecule has 1 N–H and O–H groups in total. The Balaban J connectivity index is 1.80. The third kappa shape index (κ3) is 3.03. The normalized spacial score (nSPS) is 13.8. The Morgan fingerprint density at radius 2 is 2.00 bits per heavy atom. The summed E-state index contributed by atoms with van der Waals surface area (Å²) in [4.78, 5) is 17.2. The molecule has 1 aliphatic carbocycles. The van der Waals surface area contributed by atoms with Crippen molar-refractivity contribution in [2.45, 2.75) is 18.8 Å². The van der Waals surface area contributed by atoms with Crippen molar-refractivity contribution in [1.82, 2.24) is 4.98 Å². The molecule has 1 heterocycles. The number of ether oxygens (including phenoxy) is 2. The fourth-order valence-electron chi connectivity index (χ4n) is 2.05. The molecule has 0 aliphatic heterocycles. The predicted molar refractivity (Wildman–Crippen MR) is 86.6 cm³/mol.